The summed E-state index contributed by atoms with van der Waals surface area (Å²) in [5.74, 6) is 0. The van der Waals surface area contributed by atoms with Crippen molar-refractivity contribution in [3.63, 3.8) is 0 Å². The van der Waals surface area contributed by atoms with Crippen molar-refractivity contribution in [2.24, 2.45) is 0 Å². The Balaban J connectivity index is 2.76. The first-order valence-corrected chi connectivity index (χ1v) is 9.58. The molecule has 0 amide bonds. The Hall–Kier alpha value is -0.0831. The van der Waals surface area contributed by atoms with Crippen LogP contribution in [0.3, 0.4) is 0 Å². The zero-order valence-corrected chi connectivity index (χ0v) is 13.2. The molecule has 1 saturated carbocycles. The fraction of sp³-hybridized carbons (Fsp3) is 0.867. The highest BCUT2D eigenvalue weighted by molar-refractivity contribution is 6.76. The van der Waals surface area contributed by atoms with Crippen LogP contribution < -0.4 is 0 Å². The summed E-state index contributed by atoms with van der Waals surface area (Å²) in [4.78, 5) is 0. The summed E-state index contributed by atoms with van der Waals surface area (Å²) in [6.07, 6.45) is 9.32. The van der Waals surface area contributed by atoms with Crippen LogP contribution in [0.4, 0.5) is 0 Å². The van der Waals surface area contributed by atoms with Gasteiger partial charge in [-0.05, 0) is 30.0 Å². The maximum atomic E-state index is 6.71. The predicted molar refractivity (Wildman–Crippen MR) is 78.9 cm³/mol. The largest absolute Gasteiger partial charge is 0.413 e. The van der Waals surface area contributed by atoms with Gasteiger partial charge >= 0.3 is 0 Å². The third kappa shape index (κ3) is 3.69. The second-order valence-electron chi connectivity index (χ2n) is 6.14. The number of rotatable bonds is 6. The fourth-order valence-electron chi connectivity index (χ4n) is 3.18. The quantitative estimate of drug-likeness (QED) is 0.462. The van der Waals surface area contributed by atoms with Crippen molar-refractivity contribution in [3.8, 4) is 0 Å². The molecule has 0 N–H and O–H groups in total. The van der Waals surface area contributed by atoms with Crippen LogP contribution in [0.25, 0.3) is 0 Å². The van der Waals surface area contributed by atoms with Crippen molar-refractivity contribution in [1.82, 2.24) is 0 Å². The summed E-state index contributed by atoms with van der Waals surface area (Å²) in [5.41, 5.74) is 1.37. The van der Waals surface area contributed by atoms with Gasteiger partial charge in [-0.25, -0.2) is 0 Å². The van der Waals surface area contributed by atoms with Gasteiger partial charge in [-0.15, -0.1) is 6.58 Å². The molecule has 2 heteroatoms. The molecule has 1 aliphatic carbocycles. The number of allylic oxidation sites excluding steroid dienone is 1. The van der Waals surface area contributed by atoms with Gasteiger partial charge in [0.2, 0.25) is 8.32 Å². The van der Waals surface area contributed by atoms with E-state index in [-0.39, 0.29) is 0 Å². The molecule has 1 rings (SSSR count). The normalized spacial score (nSPS) is 18.9. The van der Waals surface area contributed by atoms with Gasteiger partial charge in [0.15, 0.2) is 0 Å². The van der Waals surface area contributed by atoms with Gasteiger partial charge in [0, 0.05) is 6.10 Å². The van der Waals surface area contributed by atoms with Crippen LogP contribution in [0.15, 0.2) is 12.7 Å². The molecule has 0 unspecified atom stereocenters. The van der Waals surface area contributed by atoms with Gasteiger partial charge in [-0.3, -0.25) is 0 Å². The lowest BCUT2D eigenvalue weighted by molar-refractivity contribution is 0.136. The Bertz CT molecular complexity index is 221. The molecular weight excluding hydrogens is 224 g/mol. The maximum Gasteiger partial charge on any atom is 0.201 e. The highest BCUT2D eigenvalue weighted by atomic mass is 28.4. The topological polar surface area (TPSA) is 9.23 Å². The van der Waals surface area contributed by atoms with E-state index in [4.69, 9.17) is 4.43 Å². The summed E-state index contributed by atoms with van der Waals surface area (Å²) in [5, 5.41) is 0. The predicted octanol–water partition coefficient (Wildman–Crippen LogP) is 5.29. The Morgan fingerprint density at radius 2 is 1.65 bits per heavy atom. The van der Waals surface area contributed by atoms with Gasteiger partial charge in [0.05, 0.1) is 0 Å². The highest BCUT2D eigenvalue weighted by Gasteiger charge is 2.42. The van der Waals surface area contributed by atoms with Crippen LogP contribution >= 0.6 is 0 Å². The second-order valence-corrected chi connectivity index (χ2v) is 11.0. The molecule has 100 valence electrons. The third-order valence-electron chi connectivity index (χ3n) is 4.36. The minimum absolute atomic E-state index is 0.542. The zero-order chi connectivity index (χ0) is 12.9. The molecule has 0 radical (unpaired) electrons. The molecule has 0 heterocycles. The van der Waals surface area contributed by atoms with Crippen molar-refractivity contribution in [1.29, 1.82) is 0 Å². The summed E-state index contributed by atoms with van der Waals surface area (Å²) in [6, 6.07) is 1.11. The monoisotopic (exact) mass is 254 g/mol. The lowest BCUT2D eigenvalue weighted by Crippen LogP contribution is -2.47. The van der Waals surface area contributed by atoms with E-state index in [0.717, 1.165) is 6.04 Å². The van der Waals surface area contributed by atoms with Crippen molar-refractivity contribution in [3.05, 3.63) is 12.7 Å². The Labute approximate surface area is 109 Å². The summed E-state index contributed by atoms with van der Waals surface area (Å²) >= 11 is 0. The molecule has 0 saturated heterocycles. The second kappa shape index (κ2) is 6.74. The Kier molecular flexibility index (Phi) is 5.94. The highest BCUT2D eigenvalue weighted by Crippen LogP contribution is 2.40. The van der Waals surface area contributed by atoms with E-state index in [2.05, 4.69) is 40.3 Å². The fourth-order valence-corrected chi connectivity index (χ4v) is 7.40. The first-order chi connectivity index (χ1) is 8.03. The maximum absolute atomic E-state index is 6.71. The van der Waals surface area contributed by atoms with Crippen molar-refractivity contribution in [2.75, 3.05) is 0 Å². The molecule has 0 aromatic heterocycles. The summed E-state index contributed by atoms with van der Waals surface area (Å²) in [6.45, 7) is 13.3. The molecule has 0 atom stereocenters. The Morgan fingerprint density at radius 1 is 1.12 bits per heavy atom. The molecular formula is C15H30OSi. The number of hydrogen-bond donors (Lipinski definition) is 0. The first kappa shape index (κ1) is 15.0. The third-order valence-corrected chi connectivity index (χ3v) is 9.96. The minimum Gasteiger partial charge on any atom is -0.413 e. The van der Waals surface area contributed by atoms with E-state index in [9.17, 15) is 0 Å². The first-order valence-electron chi connectivity index (χ1n) is 7.31. The van der Waals surface area contributed by atoms with Crippen LogP contribution in [-0.2, 0) is 4.43 Å². The molecule has 0 bridgehead atoms. The summed E-state index contributed by atoms with van der Waals surface area (Å²) in [7, 11) is -1.66. The molecule has 1 nitrogen and oxygen atoms in total. The number of hydrogen-bond acceptors (Lipinski definition) is 1. The molecule has 0 aromatic rings. The molecule has 0 spiro atoms. The van der Waals surface area contributed by atoms with E-state index >= 15 is 0 Å². The van der Waals surface area contributed by atoms with E-state index in [1.807, 2.05) is 0 Å². The smallest absolute Gasteiger partial charge is 0.201 e. The molecule has 17 heavy (non-hydrogen) atoms. The Morgan fingerprint density at radius 3 is 2.06 bits per heavy atom. The average Bonchev–Trinajstić information content (AvgIpc) is 2.29. The van der Waals surface area contributed by atoms with E-state index in [1.54, 1.807) is 0 Å². The lowest BCUT2D eigenvalue weighted by Gasteiger charge is -2.42. The van der Waals surface area contributed by atoms with Gasteiger partial charge in [0.1, 0.15) is 0 Å². The van der Waals surface area contributed by atoms with Gasteiger partial charge in [-0.2, -0.15) is 0 Å². The standard InChI is InChI=1S/C15H30OSi/c1-6-12-17(13(2)3,14(4)5)16-15-10-8-7-9-11-15/h6,13-15H,1,7-12H2,2-5H3. The SMILES string of the molecule is C=CC[Si](OC1CCCCC1)(C(C)C)C(C)C. The molecule has 1 fully saturated rings. The van der Waals surface area contributed by atoms with Crippen LogP contribution in [0.1, 0.15) is 59.8 Å². The van der Waals surface area contributed by atoms with Gasteiger partial charge < -0.3 is 4.43 Å². The van der Waals surface area contributed by atoms with Crippen LogP contribution in [0, 0.1) is 0 Å². The average molecular weight is 254 g/mol. The van der Waals surface area contributed by atoms with E-state index in [1.165, 1.54) is 32.1 Å². The van der Waals surface area contributed by atoms with Crippen LogP contribution in [-0.4, -0.2) is 14.4 Å². The van der Waals surface area contributed by atoms with E-state index < -0.39 is 8.32 Å². The van der Waals surface area contributed by atoms with E-state index in [0.29, 0.717) is 17.2 Å². The van der Waals surface area contributed by atoms with Crippen LogP contribution in [0.5, 0.6) is 0 Å². The minimum atomic E-state index is -1.66. The van der Waals surface area contributed by atoms with Crippen molar-refractivity contribution < 1.29 is 4.43 Å². The summed E-state index contributed by atoms with van der Waals surface area (Å²) < 4.78 is 6.71. The molecule has 0 aromatic carbocycles. The zero-order valence-electron chi connectivity index (χ0n) is 12.2. The lowest BCUT2D eigenvalue weighted by atomic mass is 9.98. The van der Waals surface area contributed by atoms with Crippen molar-refractivity contribution in [2.45, 2.75) is 83.0 Å². The van der Waals surface area contributed by atoms with Crippen LogP contribution in [0.2, 0.25) is 17.1 Å². The van der Waals surface area contributed by atoms with Crippen molar-refractivity contribution >= 4 is 8.32 Å². The molecule has 0 aliphatic heterocycles. The van der Waals surface area contributed by atoms with Gasteiger partial charge in [-0.1, -0.05) is 53.0 Å². The van der Waals surface area contributed by atoms with Gasteiger partial charge in [0.25, 0.3) is 0 Å². The molecule has 1 aliphatic rings.